The van der Waals surface area contributed by atoms with Crippen LogP contribution in [0.1, 0.15) is 54.8 Å². The molecule has 0 heterocycles. The highest BCUT2D eigenvalue weighted by Crippen LogP contribution is 2.23. The van der Waals surface area contributed by atoms with Crippen LogP contribution in [0.25, 0.3) is 11.1 Å². The molecule has 3 aromatic carbocycles. The number of rotatable bonds is 9. The molecule has 0 spiro atoms. The van der Waals surface area contributed by atoms with Gasteiger partial charge in [0.25, 0.3) is 0 Å². The summed E-state index contributed by atoms with van der Waals surface area (Å²) >= 11 is 6.06. The number of hydrogen-bond acceptors (Lipinski definition) is 4. The summed E-state index contributed by atoms with van der Waals surface area (Å²) < 4.78 is 5.57. The molecule has 36 heavy (non-hydrogen) atoms. The van der Waals surface area contributed by atoms with Gasteiger partial charge in [-0.1, -0.05) is 60.1 Å². The van der Waals surface area contributed by atoms with E-state index in [1.54, 1.807) is 48.5 Å². The molecule has 0 radical (unpaired) electrons. The predicted molar refractivity (Wildman–Crippen MR) is 141 cm³/mol. The van der Waals surface area contributed by atoms with Gasteiger partial charge in [-0.2, -0.15) is 0 Å². The topological polar surface area (TPSA) is 87.1 Å². The first-order valence-electron chi connectivity index (χ1n) is 11.9. The van der Waals surface area contributed by atoms with Gasteiger partial charge < -0.3 is 19.8 Å². The van der Waals surface area contributed by atoms with Gasteiger partial charge in [-0.25, -0.2) is 9.59 Å². The second-order valence-corrected chi connectivity index (χ2v) is 10.1. The Labute approximate surface area is 217 Å². The SMILES string of the molecule is CC(C)(C)OC(=O)N(CCCc1cccc(-c2ccc(C(=O)O)cc2)c1)C[C@H](O)c1cccc(Cl)c1. The van der Waals surface area contributed by atoms with E-state index in [1.807, 2.05) is 39.0 Å². The number of amides is 1. The second kappa shape index (κ2) is 12.1. The molecule has 2 N–H and O–H groups in total. The number of carboxylic acid groups (broad SMARTS) is 1. The van der Waals surface area contributed by atoms with Crippen molar-refractivity contribution in [2.75, 3.05) is 13.1 Å². The average molecular weight is 510 g/mol. The zero-order valence-corrected chi connectivity index (χ0v) is 21.5. The lowest BCUT2D eigenvalue weighted by Crippen LogP contribution is -2.40. The number of ether oxygens (including phenoxy) is 1. The van der Waals surface area contributed by atoms with E-state index in [0.717, 1.165) is 16.7 Å². The minimum absolute atomic E-state index is 0.0885. The third kappa shape index (κ3) is 8.11. The third-order valence-electron chi connectivity index (χ3n) is 5.56. The largest absolute Gasteiger partial charge is 0.478 e. The zero-order valence-electron chi connectivity index (χ0n) is 20.8. The quantitative estimate of drug-likeness (QED) is 0.339. The van der Waals surface area contributed by atoms with Gasteiger partial charge in [-0.15, -0.1) is 0 Å². The Bertz CT molecular complexity index is 1190. The van der Waals surface area contributed by atoms with Crippen LogP contribution in [0.5, 0.6) is 0 Å². The number of halogens is 1. The van der Waals surface area contributed by atoms with Crippen LogP contribution in [0, 0.1) is 0 Å². The lowest BCUT2D eigenvalue weighted by Gasteiger charge is -2.29. The Morgan fingerprint density at radius 2 is 1.67 bits per heavy atom. The number of nitrogens with zero attached hydrogens (tertiary/aromatic N) is 1. The maximum atomic E-state index is 12.9. The number of carboxylic acids is 1. The van der Waals surface area contributed by atoms with Crippen molar-refractivity contribution >= 4 is 23.7 Å². The van der Waals surface area contributed by atoms with Crippen molar-refractivity contribution in [3.63, 3.8) is 0 Å². The molecule has 0 aromatic heterocycles. The van der Waals surface area contributed by atoms with E-state index in [0.29, 0.717) is 30.0 Å². The summed E-state index contributed by atoms with van der Waals surface area (Å²) in [5, 5.41) is 20.4. The van der Waals surface area contributed by atoms with Crippen molar-refractivity contribution in [2.45, 2.75) is 45.3 Å². The van der Waals surface area contributed by atoms with Gasteiger partial charge in [-0.05, 0) is 80.1 Å². The summed E-state index contributed by atoms with van der Waals surface area (Å²) in [6.07, 6.45) is 0.0143. The van der Waals surface area contributed by atoms with E-state index < -0.39 is 23.8 Å². The van der Waals surface area contributed by atoms with E-state index in [2.05, 4.69) is 6.07 Å². The number of carbonyl (C=O) groups is 2. The van der Waals surface area contributed by atoms with Crippen molar-refractivity contribution in [3.8, 4) is 11.1 Å². The van der Waals surface area contributed by atoms with Crippen LogP contribution in [0.3, 0.4) is 0 Å². The highest BCUT2D eigenvalue weighted by atomic mass is 35.5. The predicted octanol–water partition coefficient (Wildman–Crippen LogP) is 6.61. The van der Waals surface area contributed by atoms with E-state index in [9.17, 15) is 14.7 Å². The Morgan fingerprint density at radius 3 is 2.31 bits per heavy atom. The molecule has 6 nitrogen and oxygen atoms in total. The monoisotopic (exact) mass is 509 g/mol. The first-order valence-corrected chi connectivity index (χ1v) is 12.2. The van der Waals surface area contributed by atoms with E-state index in [-0.39, 0.29) is 12.1 Å². The van der Waals surface area contributed by atoms with Crippen LogP contribution >= 0.6 is 11.6 Å². The Kier molecular flexibility index (Phi) is 9.13. The molecule has 7 heteroatoms. The maximum absolute atomic E-state index is 12.9. The molecule has 3 rings (SSSR count). The summed E-state index contributed by atoms with van der Waals surface area (Å²) in [5.41, 5.74) is 3.25. The third-order valence-corrected chi connectivity index (χ3v) is 5.80. The van der Waals surface area contributed by atoms with Crippen molar-refractivity contribution in [2.24, 2.45) is 0 Å². The average Bonchev–Trinajstić information content (AvgIpc) is 2.82. The molecule has 0 bridgehead atoms. The minimum Gasteiger partial charge on any atom is -0.478 e. The zero-order chi connectivity index (χ0) is 26.3. The Hall–Kier alpha value is -3.35. The molecular weight excluding hydrogens is 478 g/mol. The summed E-state index contributed by atoms with van der Waals surface area (Å²) in [6.45, 7) is 5.93. The van der Waals surface area contributed by atoms with Gasteiger partial charge in [-0.3, -0.25) is 0 Å². The summed E-state index contributed by atoms with van der Waals surface area (Å²) in [6, 6.07) is 21.8. The molecule has 0 aliphatic carbocycles. The molecule has 1 atom stereocenters. The lowest BCUT2D eigenvalue weighted by molar-refractivity contribution is 0.0142. The molecule has 1 amide bonds. The van der Waals surface area contributed by atoms with Crippen LogP contribution in [0.4, 0.5) is 4.79 Å². The fourth-order valence-corrected chi connectivity index (χ4v) is 4.00. The number of carbonyl (C=O) groups excluding carboxylic acids is 1. The second-order valence-electron chi connectivity index (χ2n) is 9.68. The molecule has 0 aliphatic heterocycles. The first-order chi connectivity index (χ1) is 17.0. The molecule has 0 saturated heterocycles. The van der Waals surface area contributed by atoms with Gasteiger partial charge in [0, 0.05) is 11.6 Å². The lowest BCUT2D eigenvalue weighted by atomic mass is 10.00. The fraction of sp³-hybridized carbons (Fsp3) is 0.310. The van der Waals surface area contributed by atoms with Crippen LogP contribution in [0.15, 0.2) is 72.8 Å². The van der Waals surface area contributed by atoms with Crippen molar-refractivity contribution < 1.29 is 24.5 Å². The number of benzene rings is 3. The Morgan fingerprint density at radius 1 is 0.972 bits per heavy atom. The van der Waals surface area contributed by atoms with Gasteiger partial charge in [0.2, 0.25) is 0 Å². The highest BCUT2D eigenvalue weighted by molar-refractivity contribution is 6.30. The number of hydrogen-bond donors (Lipinski definition) is 2. The number of aromatic carboxylic acids is 1. The van der Waals surface area contributed by atoms with Crippen LogP contribution in [-0.2, 0) is 11.2 Å². The van der Waals surface area contributed by atoms with Gasteiger partial charge in [0.1, 0.15) is 5.60 Å². The summed E-state index contributed by atoms with van der Waals surface area (Å²) in [4.78, 5) is 25.5. The molecule has 0 saturated carbocycles. The van der Waals surface area contributed by atoms with Crippen molar-refractivity contribution in [1.82, 2.24) is 4.90 Å². The minimum atomic E-state index is -0.953. The molecule has 0 aliphatic rings. The standard InChI is InChI=1S/C29H32ClNO5/c1-29(2,3)36-28(35)31(19-26(32)24-10-5-11-25(30)18-24)16-6-8-20-7-4-9-23(17-20)21-12-14-22(15-13-21)27(33)34/h4-5,7,9-15,17-18,26,32H,6,8,16,19H2,1-3H3,(H,33,34)/t26-/m0/s1. The first kappa shape index (κ1) is 27.2. The number of aliphatic hydroxyl groups excluding tert-OH is 1. The normalized spacial score (nSPS) is 12.1. The summed E-state index contributed by atoms with van der Waals surface area (Å²) in [5.74, 6) is -0.953. The molecule has 0 fully saturated rings. The van der Waals surface area contributed by atoms with Gasteiger partial charge in [0.05, 0.1) is 18.2 Å². The Balaban J connectivity index is 1.67. The van der Waals surface area contributed by atoms with Crippen LogP contribution in [-0.4, -0.2) is 45.9 Å². The van der Waals surface area contributed by atoms with Gasteiger partial charge >= 0.3 is 12.1 Å². The summed E-state index contributed by atoms with van der Waals surface area (Å²) in [7, 11) is 0. The van der Waals surface area contributed by atoms with E-state index >= 15 is 0 Å². The van der Waals surface area contributed by atoms with E-state index in [1.165, 1.54) is 4.90 Å². The molecule has 0 unspecified atom stereocenters. The number of aliphatic hydroxyl groups is 1. The molecule has 3 aromatic rings. The van der Waals surface area contributed by atoms with Crippen LogP contribution < -0.4 is 0 Å². The van der Waals surface area contributed by atoms with Crippen molar-refractivity contribution in [1.29, 1.82) is 0 Å². The number of aryl methyl sites for hydroxylation is 1. The highest BCUT2D eigenvalue weighted by Gasteiger charge is 2.24. The molecular formula is C29H32ClNO5. The van der Waals surface area contributed by atoms with Crippen molar-refractivity contribution in [3.05, 3.63) is 94.5 Å². The van der Waals surface area contributed by atoms with Gasteiger partial charge in [0.15, 0.2) is 0 Å². The smallest absolute Gasteiger partial charge is 0.410 e. The fourth-order valence-electron chi connectivity index (χ4n) is 3.80. The molecule has 190 valence electrons. The van der Waals surface area contributed by atoms with E-state index in [4.69, 9.17) is 21.4 Å². The van der Waals surface area contributed by atoms with Crippen LogP contribution in [0.2, 0.25) is 5.02 Å². The maximum Gasteiger partial charge on any atom is 0.410 e.